The van der Waals surface area contributed by atoms with Crippen LogP contribution in [0.4, 0.5) is 5.69 Å². The minimum absolute atomic E-state index is 0.0978. The molecule has 2 aromatic carbocycles. The first-order valence-corrected chi connectivity index (χ1v) is 11.1. The Balaban J connectivity index is 1.53. The Morgan fingerprint density at radius 2 is 1.91 bits per heavy atom. The maximum absolute atomic E-state index is 12.7. The van der Waals surface area contributed by atoms with Crippen molar-refractivity contribution in [3.8, 4) is 22.9 Å². The molecule has 1 N–H and O–H groups in total. The van der Waals surface area contributed by atoms with Gasteiger partial charge in [0.05, 0.1) is 18.4 Å². The van der Waals surface area contributed by atoms with Crippen molar-refractivity contribution in [2.45, 2.75) is 6.92 Å². The molecule has 2 heterocycles. The number of fused-ring (bicyclic) bond motifs is 1. The molecule has 176 valence electrons. The average molecular weight is 530 g/mol. The fraction of sp³-hybridized carbons (Fsp3) is 0.217. The number of nitrogens with one attached hydrogen (secondary N) is 1. The summed E-state index contributed by atoms with van der Waals surface area (Å²) in [5.41, 5.74) is 0.140. The second kappa shape index (κ2) is 10.4. The van der Waals surface area contributed by atoms with Crippen LogP contribution < -0.4 is 25.1 Å². The summed E-state index contributed by atoms with van der Waals surface area (Å²) in [6.45, 7) is 2.15. The normalized spacial score (nSPS) is 12.1. The Labute approximate surface area is 202 Å². The van der Waals surface area contributed by atoms with Crippen LogP contribution in [-0.4, -0.2) is 48.1 Å². The van der Waals surface area contributed by atoms with Crippen LogP contribution in [0.2, 0.25) is 0 Å². The van der Waals surface area contributed by atoms with Gasteiger partial charge in [-0.05, 0) is 37.3 Å². The molecule has 10 nitrogen and oxygen atoms in total. The first kappa shape index (κ1) is 23.3. The van der Waals surface area contributed by atoms with E-state index in [1.807, 2.05) is 0 Å². The lowest BCUT2D eigenvalue weighted by Crippen LogP contribution is -2.27. The van der Waals surface area contributed by atoms with Crippen LogP contribution in [0, 0.1) is 0 Å². The van der Waals surface area contributed by atoms with Crippen molar-refractivity contribution in [3.05, 3.63) is 69.1 Å². The lowest BCUT2D eigenvalue weighted by atomic mass is 10.2. The van der Waals surface area contributed by atoms with Gasteiger partial charge >= 0.3 is 5.97 Å². The summed E-state index contributed by atoms with van der Waals surface area (Å²) in [7, 11) is 0. The van der Waals surface area contributed by atoms with Crippen LogP contribution in [0.3, 0.4) is 0 Å². The van der Waals surface area contributed by atoms with Gasteiger partial charge in [-0.15, -0.1) is 0 Å². The van der Waals surface area contributed by atoms with Gasteiger partial charge in [0.1, 0.15) is 13.2 Å². The Hall–Kier alpha value is -3.86. The summed E-state index contributed by atoms with van der Waals surface area (Å²) in [6.07, 6.45) is 0. The number of hydrogen-bond acceptors (Lipinski definition) is 8. The summed E-state index contributed by atoms with van der Waals surface area (Å²) in [5.74, 6) is -0.338. The first-order chi connectivity index (χ1) is 16.4. The van der Waals surface area contributed by atoms with Crippen molar-refractivity contribution in [3.63, 3.8) is 0 Å². The molecule has 1 aliphatic heterocycles. The lowest BCUT2D eigenvalue weighted by Gasteiger charge is -2.19. The number of ether oxygens (including phenoxy) is 4. The number of rotatable bonds is 7. The molecule has 0 saturated heterocycles. The van der Waals surface area contributed by atoms with Crippen molar-refractivity contribution in [1.82, 2.24) is 9.78 Å². The Kier molecular flexibility index (Phi) is 7.12. The van der Waals surface area contributed by atoms with E-state index in [1.165, 1.54) is 0 Å². The molecule has 34 heavy (non-hydrogen) atoms. The second-order valence-electron chi connectivity index (χ2n) is 7.00. The monoisotopic (exact) mass is 529 g/mol. The number of aromatic nitrogens is 2. The molecule has 0 spiro atoms. The Morgan fingerprint density at radius 1 is 1.12 bits per heavy atom. The Morgan fingerprint density at radius 3 is 2.68 bits per heavy atom. The number of esters is 1. The van der Waals surface area contributed by atoms with E-state index < -0.39 is 24.0 Å². The number of carbonyl (C=O) groups excluding carboxylic acids is 2. The van der Waals surface area contributed by atoms with E-state index in [1.54, 1.807) is 49.4 Å². The molecule has 0 fully saturated rings. The highest BCUT2D eigenvalue weighted by atomic mass is 79.9. The third kappa shape index (κ3) is 5.37. The number of anilines is 1. The fourth-order valence-corrected chi connectivity index (χ4v) is 3.53. The number of nitrogens with zero attached hydrogens (tertiary/aromatic N) is 2. The first-order valence-electron chi connectivity index (χ1n) is 10.3. The highest BCUT2D eigenvalue weighted by Crippen LogP contribution is 2.32. The number of carbonyl (C=O) groups is 2. The molecule has 0 aliphatic carbocycles. The third-order valence-electron chi connectivity index (χ3n) is 4.60. The molecule has 0 radical (unpaired) electrons. The lowest BCUT2D eigenvalue weighted by molar-refractivity contribution is -0.118. The zero-order chi connectivity index (χ0) is 24.1. The van der Waals surface area contributed by atoms with E-state index in [4.69, 9.17) is 18.9 Å². The highest BCUT2D eigenvalue weighted by molar-refractivity contribution is 9.10. The van der Waals surface area contributed by atoms with E-state index in [0.717, 1.165) is 15.2 Å². The minimum Gasteiger partial charge on any atom is -0.486 e. The van der Waals surface area contributed by atoms with Crippen molar-refractivity contribution >= 4 is 33.5 Å². The average Bonchev–Trinajstić information content (AvgIpc) is 2.83. The number of hydrogen-bond donors (Lipinski definition) is 1. The molecule has 4 rings (SSSR count). The molecule has 0 saturated carbocycles. The number of halogens is 1. The molecule has 0 bridgehead atoms. The van der Waals surface area contributed by atoms with Crippen LogP contribution >= 0.6 is 15.9 Å². The van der Waals surface area contributed by atoms with Crippen LogP contribution in [-0.2, 0) is 9.53 Å². The standard InChI is InChI=1S/C23H20BrN3O7/c1-2-31-23(30)22-19(12-21(29)27(26-22)16-5-3-4-14(24)10-16)34-13-20(28)25-15-6-7-17-18(11-15)33-9-8-32-17/h3-7,10-12H,2,8-9,13H2,1H3,(H,25,28). The quantitative estimate of drug-likeness (QED) is 0.464. The van der Waals surface area contributed by atoms with E-state index >= 15 is 0 Å². The molecule has 11 heteroatoms. The smallest absolute Gasteiger partial charge is 0.362 e. The predicted octanol–water partition coefficient (Wildman–Crippen LogP) is 2.96. The van der Waals surface area contributed by atoms with Crippen LogP contribution in [0.15, 0.2) is 57.8 Å². The van der Waals surface area contributed by atoms with Gasteiger partial charge in [-0.25, -0.2) is 4.79 Å². The fourth-order valence-electron chi connectivity index (χ4n) is 3.15. The van der Waals surface area contributed by atoms with Gasteiger partial charge in [-0.3, -0.25) is 9.59 Å². The van der Waals surface area contributed by atoms with E-state index in [0.29, 0.717) is 36.1 Å². The van der Waals surface area contributed by atoms with E-state index in [-0.39, 0.29) is 18.1 Å². The van der Waals surface area contributed by atoms with Crippen molar-refractivity contribution in [2.24, 2.45) is 0 Å². The van der Waals surface area contributed by atoms with Gasteiger partial charge in [-0.2, -0.15) is 9.78 Å². The largest absolute Gasteiger partial charge is 0.486 e. The molecule has 3 aromatic rings. The maximum Gasteiger partial charge on any atom is 0.362 e. The molecule has 1 amide bonds. The SMILES string of the molecule is CCOC(=O)c1nn(-c2cccc(Br)c2)c(=O)cc1OCC(=O)Nc1ccc2c(c1)OCCO2. The van der Waals surface area contributed by atoms with Crippen LogP contribution in [0.1, 0.15) is 17.4 Å². The van der Waals surface area contributed by atoms with Gasteiger partial charge in [0.15, 0.2) is 23.9 Å². The second-order valence-corrected chi connectivity index (χ2v) is 7.92. The van der Waals surface area contributed by atoms with Gasteiger partial charge in [-0.1, -0.05) is 22.0 Å². The molecular weight excluding hydrogens is 510 g/mol. The zero-order valence-electron chi connectivity index (χ0n) is 18.1. The highest BCUT2D eigenvalue weighted by Gasteiger charge is 2.21. The third-order valence-corrected chi connectivity index (χ3v) is 5.10. The predicted molar refractivity (Wildman–Crippen MR) is 125 cm³/mol. The van der Waals surface area contributed by atoms with Gasteiger partial charge in [0, 0.05) is 16.2 Å². The Bertz CT molecular complexity index is 1290. The zero-order valence-corrected chi connectivity index (χ0v) is 19.7. The van der Waals surface area contributed by atoms with Crippen LogP contribution in [0.5, 0.6) is 17.2 Å². The summed E-state index contributed by atoms with van der Waals surface area (Å²) in [4.78, 5) is 37.6. The molecule has 1 aliphatic rings. The van der Waals surface area contributed by atoms with Gasteiger partial charge in [0.25, 0.3) is 11.5 Å². The van der Waals surface area contributed by atoms with Gasteiger partial charge in [0.2, 0.25) is 5.69 Å². The summed E-state index contributed by atoms with van der Waals surface area (Å²) in [6, 6.07) is 12.9. The van der Waals surface area contributed by atoms with Crippen molar-refractivity contribution in [1.29, 1.82) is 0 Å². The van der Waals surface area contributed by atoms with E-state index in [2.05, 4.69) is 26.3 Å². The molecule has 1 aromatic heterocycles. The summed E-state index contributed by atoms with van der Waals surface area (Å²) < 4.78 is 23.3. The summed E-state index contributed by atoms with van der Waals surface area (Å²) >= 11 is 3.34. The molecular formula is C23H20BrN3O7. The van der Waals surface area contributed by atoms with Crippen LogP contribution in [0.25, 0.3) is 5.69 Å². The van der Waals surface area contributed by atoms with Gasteiger partial charge < -0.3 is 24.3 Å². The molecule has 0 unspecified atom stereocenters. The van der Waals surface area contributed by atoms with E-state index in [9.17, 15) is 14.4 Å². The number of benzene rings is 2. The summed E-state index contributed by atoms with van der Waals surface area (Å²) in [5, 5.41) is 6.80. The maximum atomic E-state index is 12.7. The van der Waals surface area contributed by atoms with Crippen molar-refractivity contribution in [2.75, 3.05) is 31.7 Å². The topological polar surface area (TPSA) is 118 Å². The minimum atomic E-state index is -0.784. The number of amides is 1. The molecule has 0 atom stereocenters. The van der Waals surface area contributed by atoms with Crippen molar-refractivity contribution < 1.29 is 28.5 Å².